The smallest absolute Gasteiger partial charge is 0.191 e. The molecule has 2 saturated heterocycles. The number of halogens is 1. The fraction of sp³-hybridized carbons (Fsp3) is 0.952. The second-order valence-electron chi connectivity index (χ2n) is 8.64. The number of piperidine rings is 2. The number of nitrogens with one attached hydrogen (secondary N) is 2. The normalized spacial score (nSPS) is 25.3. The van der Waals surface area contributed by atoms with Crippen LogP contribution < -0.4 is 10.6 Å². The van der Waals surface area contributed by atoms with Crippen molar-refractivity contribution in [2.24, 2.45) is 16.8 Å². The Balaban J connectivity index is 0.00000364. The van der Waals surface area contributed by atoms with Gasteiger partial charge in [-0.2, -0.15) is 0 Å². The van der Waals surface area contributed by atoms with Gasteiger partial charge in [-0.25, -0.2) is 0 Å². The van der Waals surface area contributed by atoms with Crippen LogP contribution in [0.4, 0.5) is 0 Å². The van der Waals surface area contributed by atoms with E-state index in [0.29, 0.717) is 0 Å². The minimum absolute atomic E-state index is 0. The minimum Gasteiger partial charge on any atom is -0.356 e. The van der Waals surface area contributed by atoms with E-state index < -0.39 is 0 Å². The molecule has 0 amide bonds. The van der Waals surface area contributed by atoms with Gasteiger partial charge in [-0.15, -0.1) is 24.0 Å². The van der Waals surface area contributed by atoms with Crippen LogP contribution in [-0.4, -0.2) is 74.7 Å². The van der Waals surface area contributed by atoms with Gasteiger partial charge in [0.05, 0.1) is 0 Å². The minimum atomic E-state index is 0. The van der Waals surface area contributed by atoms with Gasteiger partial charge < -0.3 is 15.5 Å². The number of likely N-dealkylation sites (tertiary alicyclic amines) is 2. The van der Waals surface area contributed by atoms with E-state index in [9.17, 15) is 0 Å². The van der Waals surface area contributed by atoms with Crippen molar-refractivity contribution in [1.29, 1.82) is 0 Å². The molecule has 0 spiro atoms. The Bertz CT molecular complexity index is 415. The van der Waals surface area contributed by atoms with Gasteiger partial charge in [0.1, 0.15) is 0 Å². The third-order valence-electron chi connectivity index (χ3n) is 5.92. The van der Waals surface area contributed by atoms with Crippen LogP contribution >= 0.6 is 24.0 Å². The van der Waals surface area contributed by atoms with Gasteiger partial charge in [-0.1, -0.05) is 27.2 Å². The molecule has 2 heterocycles. The highest BCUT2D eigenvalue weighted by Gasteiger charge is 2.21. The fourth-order valence-corrected chi connectivity index (χ4v) is 4.60. The molecule has 2 aliphatic rings. The van der Waals surface area contributed by atoms with Crippen molar-refractivity contribution in [3.8, 4) is 0 Å². The molecule has 160 valence electrons. The molecule has 2 atom stereocenters. The van der Waals surface area contributed by atoms with E-state index in [2.05, 4.69) is 46.2 Å². The lowest BCUT2D eigenvalue weighted by Crippen LogP contribution is -2.48. The summed E-state index contributed by atoms with van der Waals surface area (Å²) in [5, 5.41) is 7.10. The van der Waals surface area contributed by atoms with Crippen molar-refractivity contribution in [1.82, 2.24) is 20.4 Å². The molecule has 27 heavy (non-hydrogen) atoms. The highest BCUT2D eigenvalue weighted by Crippen LogP contribution is 2.19. The SMILES string of the molecule is CCC1CCCCN1CCNC(=NC)NCC1CCCN(CC(C)C)C1.I. The lowest BCUT2D eigenvalue weighted by molar-refractivity contribution is 0.146. The van der Waals surface area contributed by atoms with Crippen LogP contribution in [0.25, 0.3) is 0 Å². The van der Waals surface area contributed by atoms with Gasteiger partial charge in [0.2, 0.25) is 0 Å². The van der Waals surface area contributed by atoms with E-state index >= 15 is 0 Å². The van der Waals surface area contributed by atoms with Crippen LogP contribution in [-0.2, 0) is 0 Å². The molecule has 0 aliphatic carbocycles. The van der Waals surface area contributed by atoms with Crippen molar-refractivity contribution in [3.63, 3.8) is 0 Å². The van der Waals surface area contributed by atoms with Gasteiger partial charge in [0, 0.05) is 45.8 Å². The highest BCUT2D eigenvalue weighted by molar-refractivity contribution is 14.0. The summed E-state index contributed by atoms with van der Waals surface area (Å²) in [6.07, 6.45) is 8.08. The van der Waals surface area contributed by atoms with Gasteiger partial charge in [0.25, 0.3) is 0 Å². The predicted octanol–water partition coefficient (Wildman–Crippen LogP) is 3.40. The lowest BCUT2D eigenvalue weighted by Gasteiger charge is -2.35. The largest absolute Gasteiger partial charge is 0.356 e. The van der Waals surface area contributed by atoms with E-state index in [1.54, 1.807) is 0 Å². The second-order valence-corrected chi connectivity index (χ2v) is 8.64. The van der Waals surface area contributed by atoms with Crippen LogP contribution in [0.2, 0.25) is 0 Å². The van der Waals surface area contributed by atoms with Crippen LogP contribution in [0.15, 0.2) is 4.99 Å². The van der Waals surface area contributed by atoms with E-state index in [0.717, 1.165) is 43.5 Å². The first kappa shape index (κ1) is 25.0. The Labute approximate surface area is 185 Å². The summed E-state index contributed by atoms with van der Waals surface area (Å²) in [6.45, 7) is 15.1. The zero-order valence-electron chi connectivity index (χ0n) is 18.2. The molecule has 2 fully saturated rings. The predicted molar refractivity (Wildman–Crippen MR) is 128 cm³/mol. The summed E-state index contributed by atoms with van der Waals surface area (Å²) in [4.78, 5) is 9.72. The Hall–Kier alpha value is -0.0800. The number of guanidine groups is 1. The first-order chi connectivity index (χ1) is 12.6. The first-order valence-electron chi connectivity index (χ1n) is 11.0. The number of nitrogens with zero attached hydrogens (tertiary/aromatic N) is 3. The summed E-state index contributed by atoms with van der Waals surface area (Å²) >= 11 is 0. The molecule has 0 aromatic heterocycles. The third kappa shape index (κ3) is 9.31. The van der Waals surface area contributed by atoms with Crippen molar-refractivity contribution in [2.75, 3.05) is 52.9 Å². The summed E-state index contributed by atoms with van der Waals surface area (Å²) in [5.74, 6) is 2.47. The molecule has 6 heteroatoms. The molecule has 2 N–H and O–H groups in total. The highest BCUT2D eigenvalue weighted by atomic mass is 127. The molecular formula is C21H44IN5. The molecule has 2 rings (SSSR count). The zero-order chi connectivity index (χ0) is 18.8. The van der Waals surface area contributed by atoms with E-state index in [-0.39, 0.29) is 24.0 Å². The van der Waals surface area contributed by atoms with Crippen LogP contribution in [0.1, 0.15) is 59.3 Å². The summed E-state index contributed by atoms with van der Waals surface area (Å²) in [6, 6.07) is 0.787. The number of hydrogen-bond donors (Lipinski definition) is 2. The third-order valence-corrected chi connectivity index (χ3v) is 5.92. The molecular weight excluding hydrogens is 449 g/mol. The summed E-state index contributed by atoms with van der Waals surface area (Å²) in [5.41, 5.74) is 0. The first-order valence-corrected chi connectivity index (χ1v) is 11.0. The quantitative estimate of drug-likeness (QED) is 0.309. The number of aliphatic imine (C=N–C) groups is 1. The van der Waals surface area contributed by atoms with Crippen LogP contribution in [0.3, 0.4) is 0 Å². The molecule has 2 unspecified atom stereocenters. The van der Waals surface area contributed by atoms with Gasteiger partial charge in [-0.3, -0.25) is 9.89 Å². The number of rotatable bonds is 8. The Morgan fingerprint density at radius 3 is 2.63 bits per heavy atom. The topological polar surface area (TPSA) is 42.9 Å². The van der Waals surface area contributed by atoms with Crippen molar-refractivity contribution >= 4 is 29.9 Å². The Kier molecular flexibility index (Phi) is 12.9. The summed E-state index contributed by atoms with van der Waals surface area (Å²) < 4.78 is 0. The molecule has 5 nitrogen and oxygen atoms in total. The molecule has 0 radical (unpaired) electrons. The van der Waals surface area contributed by atoms with Crippen molar-refractivity contribution in [2.45, 2.75) is 65.3 Å². The molecule has 0 bridgehead atoms. The van der Waals surface area contributed by atoms with Crippen molar-refractivity contribution in [3.05, 3.63) is 0 Å². The molecule has 0 aromatic rings. The lowest BCUT2D eigenvalue weighted by atomic mass is 9.97. The molecule has 0 saturated carbocycles. The maximum atomic E-state index is 4.42. The van der Waals surface area contributed by atoms with Gasteiger partial charge >= 0.3 is 0 Å². The van der Waals surface area contributed by atoms with Gasteiger partial charge in [-0.05, 0) is 57.0 Å². The Morgan fingerprint density at radius 1 is 1.11 bits per heavy atom. The zero-order valence-corrected chi connectivity index (χ0v) is 20.5. The van der Waals surface area contributed by atoms with Crippen LogP contribution in [0.5, 0.6) is 0 Å². The fourth-order valence-electron chi connectivity index (χ4n) is 4.60. The average Bonchev–Trinajstić information content (AvgIpc) is 2.64. The molecule has 0 aromatic carbocycles. The maximum Gasteiger partial charge on any atom is 0.191 e. The average molecular weight is 494 g/mol. The van der Waals surface area contributed by atoms with Crippen molar-refractivity contribution < 1.29 is 0 Å². The Morgan fingerprint density at radius 2 is 1.93 bits per heavy atom. The molecule has 2 aliphatic heterocycles. The van der Waals surface area contributed by atoms with E-state index in [1.165, 1.54) is 64.7 Å². The van der Waals surface area contributed by atoms with E-state index in [4.69, 9.17) is 0 Å². The standard InChI is InChI=1S/C21H43N5.HI/c1-5-20-10-6-7-13-26(20)14-11-23-21(22-4)24-15-19-9-8-12-25(17-19)16-18(2)3;/h18-20H,5-17H2,1-4H3,(H2,22,23,24);1H. The second kappa shape index (κ2) is 14.0. The van der Waals surface area contributed by atoms with Gasteiger partial charge in [0.15, 0.2) is 5.96 Å². The van der Waals surface area contributed by atoms with Crippen LogP contribution in [0, 0.1) is 11.8 Å². The monoisotopic (exact) mass is 493 g/mol. The maximum absolute atomic E-state index is 4.42. The summed E-state index contributed by atoms with van der Waals surface area (Å²) in [7, 11) is 1.89. The number of hydrogen-bond acceptors (Lipinski definition) is 3. The van der Waals surface area contributed by atoms with E-state index in [1.807, 2.05) is 7.05 Å².